The van der Waals surface area contributed by atoms with Crippen molar-refractivity contribution in [2.24, 2.45) is 34.0 Å². The SMILES string of the molecule is CC(C)=CCC[C@](C)(O)[C@H]1CC[C@@](C)([C@@H]2CC[C@H]3[C@@]2(C)CC[C@H]2C(C)(C)C(=O)CC[C@]32C)O1. The summed E-state index contributed by atoms with van der Waals surface area (Å²) in [6, 6.07) is 0. The molecule has 0 amide bonds. The van der Waals surface area contributed by atoms with E-state index in [2.05, 4.69) is 54.5 Å². The number of carbonyl (C=O) groups is 1. The maximum Gasteiger partial charge on any atom is 0.138 e. The molecule has 0 radical (unpaired) electrons. The molecule has 8 atom stereocenters. The van der Waals surface area contributed by atoms with Gasteiger partial charge in [0.05, 0.1) is 17.3 Å². The van der Waals surface area contributed by atoms with Crippen LogP contribution in [0.1, 0.15) is 120 Å². The van der Waals surface area contributed by atoms with Crippen LogP contribution >= 0.6 is 0 Å². The summed E-state index contributed by atoms with van der Waals surface area (Å²) in [4.78, 5) is 12.8. The van der Waals surface area contributed by atoms with Gasteiger partial charge in [-0.15, -0.1) is 0 Å². The molecule has 0 aromatic carbocycles. The summed E-state index contributed by atoms with van der Waals surface area (Å²) in [5.74, 6) is 2.18. The summed E-state index contributed by atoms with van der Waals surface area (Å²) >= 11 is 0. The fourth-order valence-electron chi connectivity index (χ4n) is 9.50. The number of hydrogen-bond acceptors (Lipinski definition) is 3. The van der Waals surface area contributed by atoms with E-state index in [1.807, 2.05) is 6.92 Å². The van der Waals surface area contributed by atoms with Crippen molar-refractivity contribution < 1.29 is 14.6 Å². The lowest BCUT2D eigenvalue weighted by Gasteiger charge is -2.62. The van der Waals surface area contributed by atoms with Gasteiger partial charge in [0.2, 0.25) is 0 Å². The topological polar surface area (TPSA) is 46.5 Å². The molecular formula is C30H50O3. The van der Waals surface area contributed by atoms with Gasteiger partial charge in [-0.25, -0.2) is 0 Å². The zero-order chi connectivity index (χ0) is 24.4. The third-order valence-electron chi connectivity index (χ3n) is 11.3. The van der Waals surface area contributed by atoms with Crippen LogP contribution in [-0.4, -0.2) is 28.2 Å². The number of ketones is 1. The maximum atomic E-state index is 12.8. The number of hydrogen-bond donors (Lipinski definition) is 1. The summed E-state index contributed by atoms with van der Waals surface area (Å²) in [6.07, 6.45) is 12.5. The minimum absolute atomic E-state index is 0.0751. The first-order valence-electron chi connectivity index (χ1n) is 13.7. The van der Waals surface area contributed by atoms with Crippen molar-refractivity contribution in [2.75, 3.05) is 0 Å². The van der Waals surface area contributed by atoms with Gasteiger partial charge in [-0.05, 0) is 114 Å². The molecule has 4 aliphatic rings. The molecule has 3 aliphatic carbocycles. The number of aliphatic hydroxyl groups is 1. The van der Waals surface area contributed by atoms with Crippen molar-refractivity contribution in [2.45, 2.75) is 137 Å². The Bertz CT molecular complexity index is 805. The van der Waals surface area contributed by atoms with Gasteiger partial charge in [0, 0.05) is 11.8 Å². The van der Waals surface area contributed by atoms with Crippen LogP contribution in [-0.2, 0) is 9.53 Å². The normalized spacial score (nSPS) is 46.4. The molecule has 3 nitrogen and oxygen atoms in total. The van der Waals surface area contributed by atoms with Crippen LogP contribution < -0.4 is 0 Å². The summed E-state index contributed by atoms with van der Waals surface area (Å²) in [6.45, 7) is 18.1. The fraction of sp³-hybridized carbons (Fsp3) is 0.900. The van der Waals surface area contributed by atoms with Crippen molar-refractivity contribution in [1.29, 1.82) is 0 Å². The first kappa shape index (κ1) is 25.4. The summed E-state index contributed by atoms with van der Waals surface area (Å²) < 4.78 is 6.87. The summed E-state index contributed by atoms with van der Waals surface area (Å²) in [5.41, 5.74) is 0.708. The number of rotatable bonds is 5. The van der Waals surface area contributed by atoms with Crippen molar-refractivity contribution in [1.82, 2.24) is 0 Å². The van der Waals surface area contributed by atoms with Crippen molar-refractivity contribution in [3.63, 3.8) is 0 Å². The van der Waals surface area contributed by atoms with E-state index in [0.29, 0.717) is 23.5 Å². The summed E-state index contributed by atoms with van der Waals surface area (Å²) in [5, 5.41) is 11.3. The molecule has 3 heteroatoms. The Hall–Kier alpha value is -0.670. The van der Waals surface area contributed by atoms with E-state index in [4.69, 9.17) is 4.74 Å². The van der Waals surface area contributed by atoms with Gasteiger partial charge in [0.1, 0.15) is 5.78 Å². The Morgan fingerprint density at radius 2 is 1.61 bits per heavy atom. The second kappa shape index (κ2) is 8.19. The lowest BCUT2D eigenvalue weighted by Crippen LogP contribution is -2.58. The third-order valence-corrected chi connectivity index (χ3v) is 11.3. The Labute approximate surface area is 203 Å². The quantitative estimate of drug-likeness (QED) is 0.441. The standard InChI is InChI=1S/C30H50O3/c1-20(2)10-9-16-29(7,32)25-15-19-30(8,33-25)23-12-11-22-27(5)18-14-24(31)26(3,4)21(27)13-17-28(22,23)6/h10,21-23,25,32H,9,11-19H2,1-8H3/t21-,22+,23+,25+,27-,28+,29-,30-/m0/s1. The summed E-state index contributed by atoms with van der Waals surface area (Å²) in [7, 11) is 0. The molecule has 1 saturated heterocycles. The van der Waals surface area contributed by atoms with Gasteiger partial charge in [0.25, 0.3) is 0 Å². The zero-order valence-corrected chi connectivity index (χ0v) is 22.7. The predicted molar refractivity (Wildman–Crippen MR) is 135 cm³/mol. The largest absolute Gasteiger partial charge is 0.387 e. The number of carbonyl (C=O) groups excluding carboxylic acids is 1. The van der Waals surface area contributed by atoms with Gasteiger partial charge in [0.15, 0.2) is 0 Å². The van der Waals surface area contributed by atoms with Crippen LogP contribution in [0.3, 0.4) is 0 Å². The third kappa shape index (κ3) is 3.98. The van der Waals surface area contributed by atoms with Crippen LogP contribution in [0.25, 0.3) is 0 Å². The second-order valence-electron chi connectivity index (χ2n) is 14.1. The molecular weight excluding hydrogens is 408 g/mol. The average molecular weight is 459 g/mol. The van der Waals surface area contributed by atoms with Gasteiger partial charge in [-0.1, -0.05) is 39.3 Å². The lowest BCUT2D eigenvalue weighted by atomic mass is 9.42. The van der Waals surface area contributed by atoms with Crippen LogP contribution in [0.2, 0.25) is 0 Å². The average Bonchev–Trinajstić information content (AvgIpc) is 3.27. The Morgan fingerprint density at radius 3 is 2.27 bits per heavy atom. The molecule has 33 heavy (non-hydrogen) atoms. The van der Waals surface area contributed by atoms with Gasteiger partial charge >= 0.3 is 0 Å². The van der Waals surface area contributed by atoms with Crippen molar-refractivity contribution >= 4 is 5.78 Å². The molecule has 1 heterocycles. The molecule has 0 spiro atoms. The number of Topliss-reactive ketones (excluding diaryl/α,β-unsaturated/α-hetero) is 1. The molecule has 0 aromatic rings. The minimum atomic E-state index is -0.778. The number of fused-ring (bicyclic) bond motifs is 3. The highest BCUT2D eigenvalue weighted by Gasteiger charge is 2.66. The van der Waals surface area contributed by atoms with Crippen LogP contribution in [0, 0.1) is 34.0 Å². The Morgan fingerprint density at radius 1 is 0.970 bits per heavy atom. The molecule has 0 aromatic heterocycles. The van der Waals surface area contributed by atoms with E-state index in [1.165, 1.54) is 31.3 Å². The highest BCUT2D eigenvalue weighted by molar-refractivity contribution is 5.85. The van der Waals surface area contributed by atoms with E-state index in [-0.39, 0.29) is 27.9 Å². The van der Waals surface area contributed by atoms with Gasteiger partial charge in [-0.3, -0.25) is 4.79 Å². The van der Waals surface area contributed by atoms with E-state index in [0.717, 1.165) is 38.5 Å². The lowest BCUT2D eigenvalue weighted by molar-refractivity contribution is -0.183. The first-order chi connectivity index (χ1) is 15.2. The highest BCUT2D eigenvalue weighted by Crippen LogP contribution is 2.71. The van der Waals surface area contributed by atoms with Crippen LogP contribution in [0.5, 0.6) is 0 Å². The van der Waals surface area contributed by atoms with Crippen molar-refractivity contribution in [3.05, 3.63) is 11.6 Å². The van der Waals surface area contributed by atoms with E-state index in [9.17, 15) is 9.90 Å². The molecule has 1 aliphatic heterocycles. The molecule has 4 fully saturated rings. The monoisotopic (exact) mass is 458 g/mol. The predicted octanol–water partition coefficient (Wildman–Crippen LogP) is 7.26. The molecule has 4 rings (SSSR count). The smallest absolute Gasteiger partial charge is 0.138 e. The van der Waals surface area contributed by atoms with Crippen molar-refractivity contribution in [3.8, 4) is 0 Å². The first-order valence-corrected chi connectivity index (χ1v) is 13.7. The minimum Gasteiger partial charge on any atom is -0.387 e. The van der Waals surface area contributed by atoms with Gasteiger partial charge in [-0.2, -0.15) is 0 Å². The van der Waals surface area contributed by atoms with Crippen LogP contribution in [0.4, 0.5) is 0 Å². The maximum absolute atomic E-state index is 12.8. The van der Waals surface area contributed by atoms with E-state index < -0.39 is 5.60 Å². The number of ether oxygens (including phenoxy) is 1. The second-order valence-corrected chi connectivity index (χ2v) is 14.1. The van der Waals surface area contributed by atoms with E-state index >= 15 is 0 Å². The highest BCUT2D eigenvalue weighted by atomic mass is 16.5. The fourth-order valence-corrected chi connectivity index (χ4v) is 9.50. The Balaban J connectivity index is 1.53. The molecule has 3 saturated carbocycles. The zero-order valence-electron chi connectivity index (χ0n) is 22.7. The molecule has 1 N–H and O–H groups in total. The van der Waals surface area contributed by atoms with E-state index in [1.54, 1.807) is 0 Å². The molecule has 0 bridgehead atoms. The van der Waals surface area contributed by atoms with Crippen LogP contribution in [0.15, 0.2) is 11.6 Å². The Kier molecular flexibility index (Phi) is 6.31. The van der Waals surface area contributed by atoms with Gasteiger partial charge < -0.3 is 9.84 Å². The number of allylic oxidation sites excluding steroid dienone is 2. The molecule has 0 unspecified atom stereocenters. The molecule has 188 valence electrons.